The fraction of sp³-hybridized carbons (Fsp3) is 0.211. The van der Waals surface area contributed by atoms with Gasteiger partial charge in [0.25, 0.3) is 0 Å². The van der Waals surface area contributed by atoms with Crippen molar-refractivity contribution >= 4 is 45.2 Å². The minimum Gasteiger partial charge on any atom is -0.337 e. The maximum Gasteiger partial charge on any atom is 0.246 e. The highest BCUT2D eigenvalue weighted by atomic mass is 35.5. The zero-order chi connectivity index (χ0) is 19.4. The van der Waals surface area contributed by atoms with Crippen molar-refractivity contribution in [1.82, 2.24) is 9.21 Å². The molecule has 3 rings (SSSR count). The van der Waals surface area contributed by atoms with E-state index in [1.165, 1.54) is 16.4 Å². The van der Waals surface area contributed by atoms with Gasteiger partial charge in [0.05, 0.1) is 10.0 Å². The van der Waals surface area contributed by atoms with Crippen LogP contribution in [0.15, 0.2) is 59.5 Å². The largest absolute Gasteiger partial charge is 0.337 e. The first kappa shape index (κ1) is 19.9. The summed E-state index contributed by atoms with van der Waals surface area (Å²) in [5.41, 5.74) is 0.933. The molecule has 0 atom stereocenters. The number of nitrogens with zero attached hydrogens (tertiary/aromatic N) is 2. The average molecular weight is 425 g/mol. The van der Waals surface area contributed by atoms with E-state index in [0.717, 1.165) is 5.56 Å². The average Bonchev–Trinajstić information content (AvgIpc) is 2.69. The van der Waals surface area contributed by atoms with Crippen molar-refractivity contribution in [2.45, 2.75) is 4.90 Å². The Hall–Kier alpha value is -1.86. The summed E-state index contributed by atoms with van der Waals surface area (Å²) in [6.45, 7) is 1.04. The summed E-state index contributed by atoms with van der Waals surface area (Å²) in [6, 6.07) is 14.0. The van der Waals surface area contributed by atoms with Gasteiger partial charge in [0.15, 0.2) is 0 Å². The van der Waals surface area contributed by atoms with E-state index in [1.807, 2.05) is 30.3 Å². The number of piperazine rings is 1. The molecule has 1 aliphatic heterocycles. The Morgan fingerprint density at radius 3 is 2.26 bits per heavy atom. The minimum atomic E-state index is -3.76. The predicted octanol–water partition coefficient (Wildman–Crippen LogP) is 3.54. The van der Waals surface area contributed by atoms with Crippen LogP contribution >= 0.6 is 23.2 Å². The lowest BCUT2D eigenvalue weighted by Gasteiger charge is -2.33. The topological polar surface area (TPSA) is 57.7 Å². The Bertz CT molecular complexity index is 954. The van der Waals surface area contributed by atoms with Crippen LogP contribution in [0.1, 0.15) is 5.56 Å². The Morgan fingerprint density at radius 1 is 0.926 bits per heavy atom. The van der Waals surface area contributed by atoms with Gasteiger partial charge in [-0.05, 0) is 23.8 Å². The minimum absolute atomic E-state index is 0.0135. The third kappa shape index (κ3) is 4.52. The molecule has 27 heavy (non-hydrogen) atoms. The van der Waals surface area contributed by atoms with Gasteiger partial charge in [0.2, 0.25) is 15.9 Å². The third-order valence-electron chi connectivity index (χ3n) is 4.30. The number of hydrogen-bond donors (Lipinski definition) is 0. The lowest BCUT2D eigenvalue weighted by Crippen LogP contribution is -2.50. The van der Waals surface area contributed by atoms with Gasteiger partial charge in [-0.15, -0.1) is 0 Å². The first-order chi connectivity index (χ1) is 12.9. The maximum atomic E-state index is 12.8. The Kier molecular flexibility index (Phi) is 6.22. The number of rotatable bonds is 4. The highest BCUT2D eigenvalue weighted by Gasteiger charge is 2.31. The van der Waals surface area contributed by atoms with Crippen LogP contribution in [0.4, 0.5) is 0 Å². The molecule has 1 aliphatic rings. The quantitative estimate of drug-likeness (QED) is 0.705. The number of halogens is 2. The molecule has 2 aromatic rings. The van der Waals surface area contributed by atoms with Crippen LogP contribution in [0.25, 0.3) is 6.08 Å². The van der Waals surface area contributed by atoms with Crippen molar-refractivity contribution in [3.05, 3.63) is 70.2 Å². The van der Waals surface area contributed by atoms with E-state index >= 15 is 0 Å². The number of amides is 1. The monoisotopic (exact) mass is 424 g/mol. The second-order valence-electron chi connectivity index (χ2n) is 6.03. The van der Waals surface area contributed by atoms with Crippen molar-refractivity contribution in [3.63, 3.8) is 0 Å². The summed E-state index contributed by atoms with van der Waals surface area (Å²) >= 11 is 12.0. The van der Waals surface area contributed by atoms with Crippen molar-refractivity contribution in [2.75, 3.05) is 26.2 Å². The molecule has 0 spiro atoms. The molecule has 0 radical (unpaired) electrons. The second kappa shape index (κ2) is 8.44. The maximum absolute atomic E-state index is 12.8. The summed E-state index contributed by atoms with van der Waals surface area (Å²) in [4.78, 5) is 13.9. The molecule has 0 unspecified atom stereocenters. The SMILES string of the molecule is O=C(/C=C/c1ccccc1)N1CCN(S(=O)(=O)c2cccc(Cl)c2Cl)CC1. The molecular weight excluding hydrogens is 407 g/mol. The number of sulfonamides is 1. The smallest absolute Gasteiger partial charge is 0.246 e. The van der Waals surface area contributed by atoms with E-state index in [2.05, 4.69) is 0 Å². The second-order valence-corrected chi connectivity index (χ2v) is 8.72. The standard InChI is InChI=1S/C19H18Cl2N2O3S/c20-16-7-4-8-17(19(16)21)27(25,26)23-13-11-22(12-14-23)18(24)10-9-15-5-2-1-3-6-15/h1-10H,11-14H2/b10-9+. The molecule has 0 N–H and O–H groups in total. The Balaban J connectivity index is 1.65. The molecule has 142 valence electrons. The van der Waals surface area contributed by atoms with E-state index < -0.39 is 10.0 Å². The Labute approximate surface area is 168 Å². The van der Waals surface area contributed by atoms with E-state index in [0.29, 0.717) is 13.1 Å². The predicted molar refractivity (Wildman–Crippen MR) is 107 cm³/mol. The zero-order valence-electron chi connectivity index (χ0n) is 14.4. The van der Waals surface area contributed by atoms with Gasteiger partial charge in [-0.3, -0.25) is 4.79 Å². The number of hydrogen-bond acceptors (Lipinski definition) is 3. The van der Waals surface area contributed by atoms with Crippen LogP contribution in [0.2, 0.25) is 10.0 Å². The zero-order valence-corrected chi connectivity index (χ0v) is 16.7. The van der Waals surface area contributed by atoms with Gasteiger partial charge in [-0.2, -0.15) is 4.31 Å². The first-order valence-corrected chi connectivity index (χ1v) is 10.6. The number of benzene rings is 2. The Morgan fingerprint density at radius 2 is 1.59 bits per heavy atom. The fourth-order valence-electron chi connectivity index (χ4n) is 2.81. The van der Waals surface area contributed by atoms with E-state index in [1.54, 1.807) is 23.1 Å². The normalized spacial score (nSPS) is 16.0. The summed E-state index contributed by atoms with van der Waals surface area (Å²) in [6.07, 6.45) is 3.25. The van der Waals surface area contributed by atoms with Crippen LogP contribution in [0, 0.1) is 0 Å². The molecular formula is C19H18Cl2N2O3S. The van der Waals surface area contributed by atoms with E-state index in [9.17, 15) is 13.2 Å². The highest BCUT2D eigenvalue weighted by molar-refractivity contribution is 7.89. The van der Waals surface area contributed by atoms with Gasteiger partial charge < -0.3 is 4.90 Å². The van der Waals surface area contributed by atoms with Gasteiger partial charge in [0, 0.05) is 32.3 Å². The molecule has 1 saturated heterocycles. The third-order valence-corrected chi connectivity index (χ3v) is 7.17. The molecule has 5 nitrogen and oxygen atoms in total. The van der Waals surface area contributed by atoms with Crippen LogP contribution < -0.4 is 0 Å². The van der Waals surface area contributed by atoms with E-state index in [-0.39, 0.29) is 33.9 Å². The van der Waals surface area contributed by atoms with Crippen LogP contribution in [0.5, 0.6) is 0 Å². The summed E-state index contributed by atoms with van der Waals surface area (Å²) in [5, 5.41) is 0.209. The lowest BCUT2D eigenvalue weighted by molar-refractivity contribution is -0.127. The van der Waals surface area contributed by atoms with Crippen LogP contribution in [-0.2, 0) is 14.8 Å². The molecule has 0 bridgehead atoms. The van der Waals surface area contributed by atoms with Crippen LogP contribution in [-0.4, -0.2) is 49.7 Å². The van der Waals surface area contributed by atoms with Gasteiger partial charge >= 0.3 is 0 Å². The van der Waals surface area contributed by atoms with Gasteiger partial charge in [0.1, 0.15) is 4.90 Å². The molecule has 1 amide bonds. The van der Waals surface area contributed by atoms with Crippen LogP contribution in [0.3, 0.4) is 0 Å². The molecule has 0 saturated carbocycles. The molecule has 2 aromatic carbocycles. The molecule has 0 aromatic heterocycles. The van der Waals surface area contributed by atoms with Crippen molar-refractivity contribution in [2.24, 2.45) is 0 Å². The number of carbonyl (C=O) groups excluding carboxylic acids is 1. The first-order valence-electron chi connectivity index (χ1n) is 8.36. The molecule has 1 fully saturated rings. The van der Waals surface area contributed by atoms with Crippen molar-refractivity contribution in [1.29, 1.82) is 0 Å². The van der Waals surface area contributed by atoms with Crippen molar-refractivity contribution < 1.29 is 13.2 Å². The summed E-state index contributed by atoms with van der Waals surface area (Å²) < 4.78 is 27.0. The fourth-order valence-corrected chi connectivity index (χ4v) is 4.97. The highest BCUT2D eigenvalue weighted by Crippen LogP contribution is 2.31. The molecule has 1 heterocycles. The number of carbonyl (C=O) groups is 1. The van der Waals surface area contributed by atoms with E-state index in [4.69, 9.17) is 23.2 Å². The summed E-state index contributed by atoms with van der Waals surface area (Å²) in [7, 11) is -3.76. The van der Waals surface area contributed by atoms with Gasteiger partial charge in [-0.1, -0.05) is 59.6 Å². The lowest BCUT2D eigenvalue weighted by atomic mass is 10.2. The molecule has 0 aliphatic carbocycles. The molecule has 8 heteroatoms. The summed E-state index contributed by atoms with van der Waals surface area (Å²) in [5.74, 6) is -0.142. The van der Waals surface area contributed by atoms with Gasteiger partial charge in [-0.25, -0.2) is 8.42 Å². The van der Waals surface area contributed by atoms with Crippen molar-refractivity contribution in [3.8, 4) is 0 Å².